The summed E-state index contributed by atoms with van der Waals surface area (Å²) in [6.45, 7) is 4.47. The van der Waals surface area contributed by atoms with Crippen molar-refractivity contribution in [1.82, 2.24) is 0 Å². The normalized spacial score (nSPS) is 11.3. The molecule has 0 aliphatic heterocycles. The van der Waals surface area contributed by atoms with Gasteiger partial charge < -0.3 is 4.90 Å². The fraction of sp³-hybridized carbons (Fsp3) is 0.167. The average molecular weight is 344 g/mol. The number of rotatable bonds is 5. The largest absolute Gasteiger partial charge is 0.347 e. The second-order valence-electron chi connectivity index (χ2n) is 4.73. The molecule has 2 nitrogen and oxygen atoms in total. The molecule has 0 N–H and O–H groups in total. The number of nitrogens with zero attached hydrogens (tertiary/aromatic N) is 1. The lowest BCUT2D eigenvalue weighted by atomic mass is 10.0. The minimum absolute atomic E-state index is 0.0645. The van der Waals surface area contributed by atoms with Crippen LogP contribution in [0.15, 0.2) is 65.3 Å². The maximum atomic E-state index is 12.0. The van der Waals surface area contributed by atoms with E-state index in [9.17, 15) is 4.79 Å². The van der Waals surface area contributed by atoms with Crippen molar-refractivity contribution in [3.05, 3.63) is 70.8 Å². The third-order valence-corrected chi connectivity index (χ3v) is 3.72. The number of halogens is 1. The molecule has 108 valence electrons. The highest BCUT2D eigenvalue weighted by molar-refractivity contribution is 9.10. The van der Waals surface area contributed by atoms with Crippen LogP contribution in [-0.2, 0) is 4.79 Å². The number of hydrogen-bond acceptors (Lipinski definition) is 2. The number of anilines is 1. The van der Waals surface area contributed by atoms with Crippen LogP contribution in [0.4, 0.5) is 5.69 Å². The first-order chi connectivity index (χ1) is 10.1. The molecule has 0 unspecified atom stereocenters. The van der Waals surface area contributed by atoms with Crippen molar-refractivity contribution in [2.45, 2.75) is 13.8 Å². The summed E-state index contributed by atoms with van der Waals surface area (Å²) in [6.07, 6.45) is 1.93. The van der Waals surface area contributed by atoms with E-state index in [4.69, 9.17) is 0 Å². The Kier molecular flexibility index (Phi) is 5.34. The van der Waals surface area contributed by atoms with E-state index in [0.717, 1.165) is 27.8 Å². The first kappa shape index (κ1) is 15.5. The molecule has 2 aromatic carbocycles. The quantitative estimate of drug-likeness (QED) is 0.719. The van der Waals surface area contributed by atoms with Gasteiger partial charge in [-0.15, -0.1) is 0 Å². The van der Waals surface area contributed by atoms with Crippen molar-refractivity contribution < 1.29 is 4.79 Å². The summed E-state index contributed by atoms with van der Waals surface area (Å²) in [5.74, 6) is 0.0645. The highest BCUT2D eigenvalue weighted by Crippen LogP contribution is 2.23. The molecule has 0 aliphatic carbocycles. The molecule has 0 aromatic heterocycles. The Labute approximate surface area is 134 Å². The van der Waals surface area contributed by atoms with Crippen LogP contribution in [0.2, 0.25) is 0 Å². The standard InChI is InChI=1S/C18H18BrNO/c1-3-20(17-11-7-10-16(19)12-17)13-18(14(2)21)15-8-5-4-6-9-15/h4-13H,3H2,1-2H3/b18-13+. The van der Waals surface area contributed by atoms with E-state index in [1.165, 1.54) is 0 Å². The van der Waals surface area contributed by atoms with Crippen LogP contribution in [0.25, 0.3) is 5.57 Å². The molecule has 0 saturated carbocycles. The van der Waals surface area contributed by atoms with Gasteiger partial charge in [0.05, 0.1) is 0 Å². The van der Waals surface area contributed by atoms with E-state index in [1.807, 2.05) is 60.8 Å². The van der Waals surface area contributed by atoms with E-state index in [0.29, 0.717) is 0 Å². The number of allylic oxidation sites excluding steroid dienone is 1. The van der Waals surface area contributed by atoms with Gasteiger partial charge in [-0.05, 0) is 37.6 Å². The summed E-state index contributed by atoms with van der Waals surface area (Å²) in [5.41, 5.74) is 2.72. The van der Waals surface area contributed by atoms with E-state index < -0.39 is 0 Å². The third-order valence-electron chi connectivity index (χ3n) is 3.23. The zero-order valence-corrected chi connectivity index (χ0v) is 13.8. The van der Waals surface area contributed by atoms with Gasteiger partial charge in [0.25, 0.3) is 0 Å². The fourth-order valence-corrected chi connectivity index (χ4v) is 2.53. The molecule has 0 bridgehead atoms. The zero-order chi connectivity index (χ0) is 15.2. The molecule has 2 rings (SSSR count). The fourth-order valence-electron chi connectivity index (χ4n) is 2.15. The van der Waals surface area contributed by atoms with Gasteiger partial charge >= 0.3 is 0 Å². The van der Waals surface area contributed by atoms with Crippen molar-refractivity contribution in [3.63, 3.8) is 0 Å². The van der Waals surface area contributed by atoms with Crippen LogP contribution in [0.5, 0.6) is 0 Å². The Balaban J connectivity index is 2.42. The van der Waals surface area contributed by atoms with E-state index in [2.05, 4.69) is 27.8 Å². The number of hydrogen-bond donors (Lipinski definition) is 0. The van der Waals surface area contributed by atoms with E-state index in [-0.39, 0.29) is 5.78 Å². The minimum Gasteiger partial charge on any atom is -0.347 e. The second kappa shape index (κ2) is 7.23. The van der Waals surface area contributed by atoms with Crippen molar-refractivity contribution in [2.75, 3.05) is 11.4 Å². The van der Waals surface area contributed by atoms with Crippen LogP contribution in [-0.4, -0.2) is 12.3 Å². The number of Topliss-reactive ketones (excluding diaryl/α,β-unsaturated/α-hetero) is 1. The SMILES string of the molecule is CCN(/C=C(\C(C)=O)c1ccccc1)c1cccc(Br)c1. The smallest absolute Gasteiger partial charge is 0.161 e. The molecular weight excluding hydrogens is 326 g/mol. The molecule has 0 amide bonds. The minimum atomic E-state index is 0.0645. The lowest BCUT2D eigenvalue weighted by Gasteiger charge is -2.20. The predicted octanol–water partition coefficient (Wildman–Crippen LogP) is 4.91. The van der Waals surface area contributed by atoms with Crippen LogP contribution >= 0.6 is 15.9 Å². The van der Waals surface area contributed by atoms with Gasteiger partial charge in [-0.1, -0.05) is 52.3 Å². The summed E-state index contributed by atoms with van der Waals surface area (Å²) >= 11 is 3.49. The molecule has 2 aromatic rings. The van der Waals surface area contributed by atoms with E-state index >= 15 is 0 Å². The maximum absolute atomic E-state index is 12.0. The lowest BCUT2D eigenvalue weighted by Crippen LogP contribution is -2.17. The molecule has 0 fully saturated rings. The highest BCUT2D eigenvalue weighted by Gasteiger charge is 2.10. The summed E-state index contributed by atoms with van der Waals surface area (Å²) in [7, 11) is 0. The predicted molar refractivity (Wildman–Crippen MR) is 92.3 cm³/mol. The Morgan fingerprint density at radius 3 is 2.43 bits per heavy atom. The average Bonchev–Trinajstić information content (AvgIpc) is 2.49. The third kappa shape index (κ3) is 4.05. The molecule has 0 atom stereocenters. The Bertz CT molecular complexity index is 649. The Morgan fingerprint density at radius 2 is 1.86 bits per heavy atom. The van der Waals surface area contributed by atoms with Gasteiger partial charge in [-0.25, -0.2) is 0 Å². The maximum Gasteiger partial charge on any atom is 0.161 e. The molecule has 0 saturated heterocycles. The molecule has 0 radical (unpaired) electrons. The first-order valence-electron chi connectivity index (χ1n) is 6.92. The molecule has 0 aliphatic rings. The highest BCUT2D eigenvalue weighted by atomic mass is 79.9. The van der Waals surface area contributed by atoms with Crippen LogP contribution in [0.3, 0.4) is 0 Å². The monoisotopic (exact) mass is 343 g/mol. The van der Waals surface area contributed by atoms with Gasteiger partial charge in [0.15, 0.2) is 5.78 Å². The first-order valence-corrected chi connectivity index (χ1v) is 7.71. The van der Waals surface area contributed by atoms with Crippen molar-refractivity contribution >= 4 is 33.0 Å². The molecule has 21 heavy (non-hydrogen) atoms. The molecule has 0 spiro atoms. The zero-order valence-electron chi connectivity index (χ0n) is 12.2. The summed E-state index contributed by atoms with van der Waals surface area (Å²) in [4.78, 5) is 14.1. The number of benzene rings is 2. The lowest BCUT2D eigenvalue weighted by molar-refractivity contribution is -0.111. The number of ketones is 1. The van der Waals surface area contributed by atoms with Gasteiger partial charge in [0.2, 0.25) is 0 Å². The second-order valence-corrected chi connectivity index (χ2v) is 5.65. The van der Waals surface area contributed by atoms with Crippen molar-refractivity contribution in [1.29, 1.82) is 0 Å². The molecule has 3 heteroatoms. The summed E-state index contributed by atoms with van der Waals surface area (Å²) < 4.78 is 1.02. The van der Waals surface area contributed by atoms with Crippen molar-refractivity contribution in [3.8, 4) is 0 Å². The van der Waals surface area contributed by atoms with Gasteiger partial charge in [0.1, 0.15) is 0 Å². The topological polar surface area (TPSA) is 20.3 Å². The summed E-state index contributed by atoms with van der Waals surface area (Å²) in [6, 6.07) is 17.8. The van der Waals surface area contributed by atoms with Crippen LogP contribution in [0.1, 0.15) is 19.4 Å². The Morgan fingerprint density at radius 1 is 1.14 bits per heavy atom. The van der Waals surface area contributed by atoms with E-state index in [1.54, 1.807) is 6.92 Å². The van der Waals surface area contributed by atoms with Gasteiger partial charge in [-0.2, -0.15) is 0 Å². The molecular formula is C18H18BrNO. The number of carbonyl (C=O) groups excluding carboxylic acids is 1. The van der Waals surface area contributed by atoms with Crippen molar-refractivity contribution in [2.24, 2.45) is 0 Å². The summed E-state index contributed by atoms with van der Waals surface area (Å²) in [5, 5.41) is 0. The van der Waals surface area contributed by atoms with Gasteiger partial charge in [-0.3, -0.25) is 4.79 Å². The number of carbonyl (C=O) groups is 1. The van der Waals surface area contributed by atoms with Crippen LogP contribution < -0.4 is 4.90 Å². The Hall–Kier alpha value is -1.87. The van der Waals surface area contributed by atoms with Crippen LogP contribution in [0, 0.1) is 0 Å². The van der Waals surface area contributed by atoms with Gasteiger partial charge in [0, 0.05) is 28.5 Å². The molecule has 0 heterocycles.